The molecule has 6 nitrogen and oxygen atoms in total. The number of primary amides is 1. The van der Waals surface area contributed by atoms with Gasteiger partial charge in [-0.1, -0.05) is 48.5 Å². The van der Waals surface area contributed by atoms with Crippen molar-refractivity contribution in [3.63, 3.8) is 0 Å². The summed E-state index contributed by atoms with van der Waals surface area (Å²) in [5, 5.41) is 0. The van der Waals surface area contributed by atoms with Crippen LogP contribution in [0.5, 0.6) is 5.75 Å². The maximum absolute atomic E-state index is 13.1. The van der Waals surface area contributed by atoms with E-state index < -0.39 is 18.1 Å². The minimum atomic E-state index is -0.796. The molecule has 130 valence electrons. The minimum Gasteiger partial charge on any atom is -0.476 e. The van der Waals surface area contributed by atoms with Gasteiger partial charge in [0.1, 0.15) is 5.75 Å². The molecule has 1 heterocycles. The maximum atomic E-state index is 13.1. The van der Waals surface area contributed by atoms with Gasteiger partial charge in [0, 0.05) is 12.1 Å². The standard InChI is InChI=1S/C19H20N2O4/c20-18(22)16-13-21(11-12-24-16)19(23)17(14-7-3-1-4-8-14)25-15-9-5-2-6-10-15/h1-10,16-17H,11-13H2,(H2,20,22)/t16-,17-/m1/s1. The Hall–Kier alpha value is -2.86. The highest BCUT2D eigenvalue weighted by molar-refractivity contribution is 5.85. The van der Waals surface area contributed by atoms with Crippen molar-refractivity contribution in [2.75, 3.05) is 19.7 Å². The number of nitrogens with zero attached hydrogens (tertiary/aromatic N) is 1. The van der Waals surface area contributed by atoms with E-state index in [-0.39, 0.29) is 19.1 Å². The zero-order valence-electron chi connectivity index (χ0n) is 13.7. The van der Waals surface area contributed by atoms with Gasteiger partial charge in [0.05, 0.1) is 13.2 Å². The summed E-state index contributed by atoms with van der Waals surface area (Å²) in [6.07, 6.45) is -1.58. The summed E-state index contributed by atoms with van der Waals surface area (Å²) in [7, 11) is 0. The van der Waals surface area contributed by atoms with Gasteiger partial charge in [-0.3, -0.25) is 9.59 Å². The fourth-order valence-corrected chi connectivity index (χ4v) is 2.71. The SMILES string of the molecule is NC(=O)[C@H]1CN(C(=O)[C@H](Oc2ccccc2)c2ccccc2)CCO1. The lowest BCUT2D eigenvalue weighted by Gasteiger charge is -2.33. The van der Waals surface area contributed by atoms with Crippen LogP contribution in [0.1, 0.15) is 11.7 Å². The van der Waals surface area contributed by atoms with Crippen LogP contribution >= 0.6 is 0 Å². The predicted molar refractivity (Wildman–Crippen MR) is 91.8 cm³/mol. The highest BCUT2D eigenvalue weighted by atomic mass is 16.5. The van der Waals surface area contributed by atoms with Crippen LogP contribution in [0.4, 0.5) is 0 Å². The Morgan fingerprint density at radius 2 is 1.72 bits per heavy atom. The van der Waals surface area contributed by atoms with Crippen LogP contribution in [-0.4, -0.2) is 42.5 Å². The Balaban J connectivity index is 1.83. The molecule has 0 saturated carbocycles. The summed E-state index contributed by atoms with van der Waals surface area (Å²) in [5.41, 5.74) is 6.06. The van der Waals surface area contributed by atoms with Crippen molar-refractivity contribution < 1.29 is 19.1 Å². The molecular weight excluding hydrogens is 320 g/mol. The summed E-state index contributed by atoms with van der Waals surface area (Å²) in [4.78, 5) is 26.0. The van der Waals surface area contributed by atoms with Gasteiger partial charge in [-0.2, -0.15) is 0 Å². The van der Waals surface area contributed by atoms with Gasteiger partial charge in [0.2, 0.25) is 12.0 Å². The molecule has 25 heavy (non-hydrogen) atoms. The number of para-hydroxylation sites is 1. The van der Waals surface area contributed by atoms with Crippen LogP contribution in [0.25, 0.3) is 0 Å². The van der Waals surface area contributed by atoms with Crippen LogP contribution in [0.3, 0.4) is 0 Å². The average molecular weight is 340 g/mol. The second kappa shape index (κ2) is 7.81. The van der Waals surface area contributed by atoms with E-state index in [4.69, 9.17) is 15.2 Å². The quantitative estimate of drug-likeness (QED) is 0.895. The lowest BCUT2D eigenvalue weighted by Crippen LogP contribution is -2.52. The predicted octanol–water partition coefficient (Wildman–Crippen LogP) is 1.52. The molecule has 0 aliphatic carbocycles. The number of rotatable bonds is 5. The van der Waals surface area contributed by atoms with Crippen LogP contribution in [0, 0.1) is 0 Å². The first-order chi connectivity index (χ1) is 12.1. The zero-order valence-corrected chi connectivity index (χ0v) is 13.7. The van der Waals surface area contributed by atoms with Gasteiger partial charge in [0.25, 0.3) is 5.91 Å². The van der Waals surface area contributed by atoms with Crippen molar-refractivity contribution in [2.45, 2.75) is 12.2 Å². The second-order valence-corrected chi connectivity index (χ2v) is 5.77. The van der Waals surface area contributed by atoms with Gasteiger partial charge in [0.15, 0.2) is 6.10 Å². The van der Waals surface area contributed by atoms with E-state index in [1.807, 2.05) is 48.5 Å². The summed E-state index contributed by atoms with van der Waals surface area (Å²) >= 11 is 0. The molecule has 3 rings (SSSR count). The Kier molecular flexibility index (Phi) is 5.30. The summed E-state index contributed by atoms with van der Waals surface area (Å²) < 4.78 is 11.3. The average Bonchev–Trinajstić information content (AvgIpc) is 2.67. The third-order valence-corrected chi connectivity index (χ3v) is 4.02. The third-order valence-electron chi connectivity index (χ3n) is 4.02. The number of benzene rings is 2. The smallest absolute Gasteiger partial charge is 0.268 e. The van der Waals surface area contributed by atoms with E-state index >= 15 is 0 Å². The van der Waals surface area contributed by atoms with Crippen LogP contribution < -0.4 is 10.5 Å². The highest BCUT2D eigenvalue weighted by Crippen LogP contribution is 2.24. The zero-order chi connectivity index (χ0) is 17.6. The maximum Gasteiger partial charge on any atom is 0.268 e. The van der Waals surface area contributed by atoms with Gasteiger partial charge < -0.3 is 20.1 Å². The lowest BCUT2D eigenvalue weighted by atomic mass is 10.1. The van der Waals surface area contributed by atoms with Crippen LogP contribution in [0.15, 0.2) is 60.7 Å². The Labute approximate surface area is 146 Å². The first kappa shape index (κ1) is 17.0. The fraction of sp³-hybridized carbons (Fsp3) is 0.263. The molecule has 1 aliphatic rings. The van der Waals surface area contributed by atoms with Crippen molar-refractivity contribution >= 4 is 11.8 Å². The van der Waals surface area contributed by atoms with Crippen LogP contribution in [-0.2, 0) is 14.3 Å². The molecule has 1 aliphatic heterocycles. The molecule has 0 spiro atoms. The Morgan fingerprint density at radius 3 is 2.36 bits per heavy atom. The Morgan fingerprint density at radius 1 is 1.08 bits per heavy atom. The van der Waals surface area contributed by atoms with Gasteiger partial charge >= 0.3 is 0 Å². The highest BCUT2D eigenvalue weighted by Gasteiger charge is 2.33. The Bertz CT molecular complexity index is 721. The fourth-order valence-electron chi connectivity index (χ4n) is 2.71. The first-order valence-electron chi connectivity index (χ1n) is 8.11. The molecule has 0 aromatic heterocycles. The lowest BCUT2D eigenvalue weighted by molar-refractivity contribution is -0.150. The number of morpholine rings is 1. The molecule has 2 amide bonds. The topological polar surface area (TPSA) is 81.9 Å². The van der Waals surface area contributed by atoms with Crippen molar-refractivity contribution in [3.8, 4) is 5.75 Å². The summed E-state index contributed by atoms with van der Waals surface area (Å²) in [5.74, 6) is -0.188. The number of carbonyl (C=O) groups excluding carboxylic acids is 2. The number of hydrogen-bond acceptors (Lipinski definition) is 4. The molecule has 0 bridgehead atoms. The van der Waals surface area contributed by atoms with E-state index in [0.29, 0.717) is 12.3 Å². The third kappa shape index (κ3) is 4.16. The number of carbonyl (C=O) groups is 2. The number of hydrogen-bond donors (Lipinski definition) is 1. The molecule has 1 saturated heterocycles. The van der Waals surface area contributed by atoms with E-state index in [0.717, 1.165) is 5.56 Å². The van der Waals surface area contributed by atoms with Crippen molar-refractivity contribution in [1.82, 2.24) is 4.90 Å². The normalized spacial score (nSPS) is 18.4. The molecule has 6 heteroatoms. The van der Waals surface area contributed by atoms with E-state index in [1.54, 1.807) is 17.0 Å². The van der Waals surface area contributed by atoms with Crippen LogP contribution in [0.2, 0.25) is 0 Å². The molecular formula is C19H20N2O4. The van der Waals surface area contributed by atoms with E-state index in [9.17, 15) is 9.59 Å². The molecule has 1 fully saturated rings. The number of nitrogens with two attached hydrogens (primary N) is 1. The van der Waals surface area contributed by atoms with E-state index in [1.165, 1.54) is 0 Å². The van der Waals surface area contributed by atoms with E-state index in [2.05, 4.69) is 0 Å². The van der Waals surface area contributed by atoms with Crippen molar-refractivity contribution in [1.29, 1.82) is 0 Å². The molecule has 2 N–H and O–H groups in total. The molecule has 2 aromatic carbocycles. The van der Waals surface area contributed by atoms with Crippen molar-refractivity contribution in [3.05, 3.63) is 66.2 Å². The minimum absolute atomic E-state index is 0.135. The van der Waals surface area contributed by atoms with Crippen molar-refractivity contribution in [2.24, 2.45) is 5.73 Å². The summed E-state index contributed by atoms with van der Waals surface area (Å²) in [6, 6.07) is 18.5. The van der Waals surface area contributed by atoms with Gasteiger partial charge in [-0.15, -0.1) is 0 Å². The first-order valence-corrected chi connectivity index (χ1v) is 8.11. The molecule has 0 radical (unpaired) electrons. The monoisotopic (exact) mass is 340 g/mol. The molecule has 0 unspecified atom stereocenters. The summed E-state index contributed by atoms with van der Waals surface area (Å²) in [6.45, 7) is 0.798. The molecule has 2 aromatic rings. The number of amides is 2. The number of ether oxygens (including phenoxy) is 2. The second-order valence-electron chi connectivity index (χ2n) is 5.77. The van der Waals surface area contributed by atoms with Gasteiger partial charge in [-0.05, 0) is 12.1 Å². The van der Waals surface area contributed by atoms with Gasteiger partial charge in [-0.25, -0.2) is 0 Å². The largest absolute Gasteiger partial charge is 0.476 e. The molecule has 2 atom stereocenters.